The molecule has 0 bridgehead atoms. The first-order chi connectivity index (χ1) is 10.0. The summed E-state index contributed by atoms with van der Waals surface area (Å²) in [4.78, 5) is 25.4. The lowest BCUT2D eigenvalue weighted by Crippen LogP contribution is -2.46. The Bertz CT molecular complexity index is 543. The summed E-state index contributed by atoms with van der Waals surface area (Å²) in [7, 11) is 1.32. The average Bonchev–Trinajstić information content (AvgIpc) is 2.49. The van der Waals surface area contributed by atoms with Crippen molar-refractivity contribution >= 4 is 11.9 Å². The van der Waals surface area contributed by atoms with Gasteiger partial charge in [0.25, 0.3) is 5.91 Å². The lowest BCUT2D eigenvalue weighted by atomic mass is 10.1. The molecule has 1 heterocycles. The summed E-state index contributed by atoms with van der Waals surface area (Å²) in [5.74, 6) is -0.426. The van der Waals surface area contributed by atoms with E-state index in [1.807, 2.05) is 0 Å². The topological polar surface area (TPSA) is 76.1 Å². The van der Waals surface area contributed by atoms with Crippen molar-refractivity contribution in [1.82, 2.24) is 4.90 Å². The molecule has 1 aliphatic heterocycles. The van der Waals surface area contributed by atoms with Gasteiger partial charge in [-0.25, -0.2) is 0 Å². The normalized spacial score (nSPS) is 18.4. The number of carbonyl (C=O) groups is 2. The summed E-state index contributed by atoms with van der Waals surface area (Å²) in [6.45, 7) is 2.88. The summed E-state index contributed by atoms with van der Waals surface area (Å²) in [6, 6.07) is 4.87. The van der Waals surface area contributed by atoms with Gasteiger partial charge in [0.15, 0.2) is 0 Å². The first-order valence-corrected chi connectivity index (χ1v) is 6.79. The SMILES string of the molecule is COC(=O)CC1CN(C(=O)c2cccc(O)c2C)CCO1. The molecule has 2 rings (SSSR count). The third-order valence-corrected chi connectivity index (χ3v) is 3.58. The average molecular weight is 293 g/mol. The number of amides is 1. The molecule has 0 radical (unpaired) electrons. The second-order valence-corrected chi connectivity index (χ2v) is 4.97. The van der Waals surface area contributed by atoms with Crippen LogP contribution in [0.4, 0.5) is 0 Å². The van der Waals surface area contributed by atoms with Crippen molar-refractivity contribution in [1.29, 1.82) is 0 Å². The van der Waals surface area contributed by atoms with Crippen molar-refractivity contribution < 1.29 is 24.2 Å². The Kier molecular flexibility index (Phi) is 4.80. The van der Waals surface area contributed by atoms with E-state index in [9.17, 15) is 14.7 Å². The van der Waals surface area contributed by atoms with E-state index < -0.39 is 0 Å². The Labute approximate surface area is 123 Å². The molecule has 1 aromatic rings. The van der Waals surface area contributed by atoms with Crippen molar-refractivity contribution in [3.63, 3.8) is 0 Å². The maximum absolute atomic E-state index is 12.5. The largest absolute Gasteiger partial charge is 0.508 e. The predicted octanol–water partition coefficient (Wildman–Crippen LogP) is 1.10. The van der Waals surface area contributed by atoms with E-state index in [-0.39, 0.29) is 30.2 Å². The Hall–Kier alpha value is -2.08. The lowest BCUT2D eigenvalue weighted by molar-refractivity contribution is -0.145. The summed E-state index contributed by atoms with van der Waals surface area (Å²) in [5, 5.41) is 9.69. The van der Waals surface area contributed by atoms with Crippen LogP contribution >= 0.6 is 0 Å². The van der Waals surface area contributed by atoms with Crippen LogP contribution in [0.2, 0.25) is 0 Å². The van der Waals surface area contributed by atoms with Crippen molar-refractivity contribution in [3.05, 3.63) is 29.3 Å². The summed E-state index contributed by atoms with van der Waals surface area (Å²) >= 11 is 0. The number of hydrogen-bond donors (Lipinski definition) is 1. The number of morpholine rings is 1. The van der Waals surface area contributed by atoms with E-state index in [0.717, 1.165) is 0 Å². The molecule has 0 spiro atoms. The minimum atomic E-state index is -0.358. The predicted molar refractivity (Wildman–Crippen MR) is 75.1 cm³/mol. The number of phenolic OH excluding ortho intramolecular Hbond substituents is 1. The standard InChI is InChI=1S/C15H19NO5/c1-10-12(4-3-5-13(10)17)15(19)16-6-7-21-11(9-16)8-14(18)20-2/h3-5,11,17H,6-9H2,1-2H3. The van der Waals surface area contributed by atoms with Gasteiger partial charge in [-0.15, -0.1) is 0 Å². The van der Waals surface area contributed by atoms with Gasteiger partial charge in [-0.05, 0) is 19.1 Å². The van der Waals surface area contributed by atoms with Gasteiger partial charge in [-0.1, -0.05) is 6.07 Å². The van der Waals surface area contributed by atoms with Crippen molar-refractivity contribution in [3.8, 4) is 5.75 Å². The van der Waals surface area contributed by atoms with Crippen LogP contribution in [0, 0.1) is 6.92 Å². The molecule has 114 valence electrons. The fourth-order valence-corrected chi connectivity index (χ4v) is 2.32. The van der Waals surface area contributed by atoms with Crippen LogP contribution in [-0.2, 0) is 14.3 Å². The minimum absolute atomic E-state index is 0.0974. The molecule has 1 saturated heterocycles. The quantitative estimate of drug-likeness (QED) is 0.845. The highest BCUT2D eigenvalue weighted by Gasteiger charge is 2.27. The highest BCUT2D eigenvalue weighted by Crippen LogP contribution is 2.22. The molecule has 1 N–H and O–H groups in total. The fraction of sp³-hybridized carbons (Fsp3) is 0.467. The molecule has 1 aromatic carbocycles. The number of carbonyl (C=O) groups excluding carboxylic acids is 2. The number of methoxy groups -OCH3 is 1. The Morgan fingerprint density at radius 2 is 2.24 bits per heavy atom. The van der Waals surface area contributed by atoms with E-state index >= 15 is 0 Å². The van der Waals surface area contributed by atoms with E-state index in [2.05, 4.69) is 4.74 Å². The van der Waals surface area contributed by atoms with Crippen LogP contribution in [0.3, 0.4) is 0 Å². The third-order valence-electron chi connectivity index (χ3n) is 3.58. The number of phenols is 1. The third kappa shape index (κ3) is 3.52. The van der Waals surface area contributed by atoms with Gasteiger partial charge < -0.3 is 19.5 Å². The number of aromatic hydroxyl groups is 1. The Morgan fingerprint density at radius 1 is 1.48 bits per heavy atom. The van der Waals surface area contributed by atoms with Crippen LogP contribution in [0.15, 0.2) is 18.2 Å². The molecule has 6 heteroatoms. The molecule has 1 atom stereocenters. The molecule has 1 fully saturated rings. The second-order valence-electron chi connectivity index (χ2n) is 4.97. The van der Waals surface area contributed by atoms with E-state index in [1.165, 1.54) is 7.11 Å². The minimum Gasteiger partial charge on any atom is -0.508 e. The molecule has 6 nitrogen and oxygen atoms in total. The number of ether oxygens (including phenoxy) is 2. The van der Waals surface area contributed by atoms with Gasteiger partial charge in [0, 0.05) is 24.2 Å². The van der Waals surface area contributed by atoms with Gasteiger partial charge in [0.2, 0.25) is 0 Å². The van der Waals surface area contributed by atoms with Crippen LogP contribution in [0.1, 0.15) is 22.3 Å². The van der Waals surface area contributed by atoms with Gasteiger partial charge in [-0.3, -0.25) is 9.59 Å². The van der Waals surface area contributed by atoms with Crippen LogP contribution in [0.25, 0.3) is 0 Å². The number of hydrogen-bond acceptors (Lipinski definition) is 5. The lowest BCUT2D eigenvalue weighted by Gasteiger charge is -2.32. The monoisotopic (exact) mass is 293 g/mol. The fourth-order valence-electron chi connectivity index (χ4n) is 2.32. The summed E-state index contributed by atoms with van der Waals surface area (Å²) < 4.78 is 10.1. The Balaban J connectivity index is 2.08. The summed E-state index contributed by atoms with van der Waals surface area (Å²) in [5.41, 5.74) is 1.02. The molecule has 1 amide bonds. The van der Waals surface area contributed by atoms with Gasteiger partial charge in [0.05, 0.1) is 26.2 Å². The second kappa shape index (κ2) is 6.58. The van der Waals surface area contributed by atoms with E-state index in [0.29, 0.717) is 30.8 Å². The maximum Gasteiger partial charge on any atom is 0.308 e. The zero-order valence-corrected chi connectivity index (χ0v) is 12.2. The molecule has 0 aliphatic carbocycles. The summed E-state index contributed by atoms with van der Waals surface area (Å²) in [6.07, 6.45) is -0.230. The molecule has 1 unspecified atom stereocenters. The van der Waals surface area contributed by atoms with Crippen LogP contribution in [0.5, 0.6) is 5.75 Å². The maximum atomic E-state index is 12.5. The van der Waals surface area contributed by atoms with E-state index in [4.69, 9.17) is 4.74 Å². The highest BCUT2D eigenvalue weighted by atomic mass is 16.5. The van der Waals surface area contributed by atoms with Gasteiger partial charge in [0.1, 0.15) is 5.75 Å². The van der Waals surface area contributed by atoms with Crippen molar-refractivity contribution in [2.75, 3.05) is 26.8 Å². The smallest absolute Gasteiger partial charge is 0.308 e. The number of rotatable bonds is 3. The molecular formula is C15H19NO5. The van der Waals surface area contributed by atoms with Crippen LogP contribution in [-0.4, -0.2) is 54.8 Å². The highest BCUT2D eigenvalue weighted by molar-refractivity contribution is 5.96. The van der Waals surface area contributed by atoms with Crippen molar-refractivity contribution in [2.24, 2.45) is 0 Å². The number of benzene rings is 1. The van der Waals surface area contributed by atoms with E-state index in [1.54, 1.807) is 30.0 Å². The zero-order chi connectivity index (χ0) is 15.4. The first-order valence-electron chi connectivity index (χ1n) is 6.79. The number of esters is 1. The first kappa shape index (κ1) is 15.3. The molecule has 0 aromatic heterocycles. The zero-order valence-electron chi connectivity index (χ0n) is 12.2. The van der Waals surface area contributed by atoms with Gasteiger partial charge >= 0.3 is 5.97 Å². The number of nitrogens with zero attached hydrogens (tertiary/aromatic N) is 1. The molecule has 21 heavy (non-hydrogen) atoms. The van der Waals surface area contributed by atoms with Crippen molar-refractivity contribution in [2.45, 2.75) is 19.4 Å². The van der Waals surface area contributed by atoms with Crippen LogP contribution < -0.4 is 0 Å². The molecule has 0 saturated carbocycles. The Morgan fingerprint density at radius 3 is 2.95 bits per heavy atom. The molecule has 1 aliphatic rings. The molecular weight excluding hydrogens is 274 g/mol. The van der Waals surface area contributed by atoms with Gasteiger partial charge in [-0.2, -0.15) is 0 Å².